The van der Waals surface area contributed by atoms with E-state index in [0.29, 0.717) is 18.1 Å². The van der Waals surface area contributed by atoms with Crippen LogP contribution in [0.15, 0.2) is 48.8 Å². The van der Waals surface area contributed by atoms with Crippen molar-refractivity contribution in [2.75, 3.05) is 7.11 Å². The molecule has 0 unspecified atom stereocenters. The van der Waals surface area contributed by atoms with Gasteiger partial charge in [0.25, 0.3) is 0 Å². The van der Waals surface area contributed by atoms with Crippen LogP contribution in [0.5, 0.6) is 11.5 Å². The van der Waals surface area contributed by atoms with Crippen LogP contribution in [-0.2, 0) is 6.61 Å². The van der Waals surface area contributed by atoms with Gasteiger partial charge in [0, 0.05) is 12.3 Å². The monoisotopic (exact) mass is 215 g/mol. The van der Waals surface area contributed by atoms with E-state index in [9.17, 15) is 0 Å². The fraction of sp³-hybridized carbons (Fsp3) is 0.154. The Kier molecular flexibility index (Phi) is 3.38. The number of pyridine rings is 1. The molecule has 3 heteroatoms. The number of rotatable bonds is 4. The normalized spacial score (nSPS) is 9.81. The molecule has 82 valence electrons. The van der Waals surface area contributed by atoms with E-state index in [2.05, 4.69) is 4.98 Å². The van der Waals surface area contributed by atoms with E-state index in [1.807, 2.05) is 30.3 Å². The van der Waals surface area contributed by atoms with E-state index in [-0.39, 0.29) is 0 Å². The molecule has 0 aliphatic carbocycles. The first-order valence-electron chi connectivity index (χ1n) is 5.05. The van der Waals surface area contributed by atoms with Crippen molar-refractivity contribution in [3.63, 3.8) is 0 Å². The van der Waals surface area contributed by atoms with Gasteiger partial charge in [-0.2, -0.15) is 0 Å². The summed E-state index contributed by atoms with van der Waals surface area (Å²) in [6, 6.07) is 11.8. The molecule has 3 nitrogen and oxygen atoms in total. The SMILES string of the molecule is COc1ccncc1OCc1ccccc1. The summed E-state index contributed by atoms with van der Waals surface area (Å²) in [5.74, 6) is 1.36. The zero-order valence-electron chi connectivity index (χ0n) is 9.09. The summed E-state index contributed by atoms with van der Waals surface area (Å²) in [4.78, 5) is 4.00. The molecule has 0 saturated carbocycles. The first kappa shape index (κ1) is 10.5. The molecule has 0 N–H and O–H groups in total. The molecule has 1 aromatic heterocycles. The quantitative estimate of drug-likeness (QED) is 0.785. The fourth-order valence-electron chi connectivity index (χ4n) is 1.38. The van der Waals surface area contributed by atoms with Gasteiger partial charge in [0.05, 0.1) is 13.3 Å². The third-order valence-corrected chi connectivity index (χ3v) is 2.20. The summed E-state index contributed by atoms with van der Waals surface area (Å²) in [7, 11) is 1.62. The van der Waals surface area contributed by atoms with Crippen LogP contribution in [0.1, 0.15) is 5.56 Å². The van der Waals surface area contributed by atoms with E-state index >= 15 is 0 Å². The second-order valence-corrected chi connectivity index (χ2v) is 3.30. The van der Waals surface area contributed by atoms with E-state index in [4.69, 9.17) is 9.47 Å². The zero-order chi connectivity index (χ0) is 11.2. The van der Waals surface area contributed by atoms with Crippen LogP contribution in [0.3, 0.4) is 0 Å². The molecule has 0 bridgehead atoms. The number of ether oxygens (including phenoxy) is 2. The predicted octanol–water partition coefficient (Wildman–Crippen LogP) is 2.67. The lowest BCUT2D eigenvalue weighted by molar-refractivity contribution is 0.283. The first-order valence-corrected chi connectivity index (χ1v) is 5.05. The molecule has 2 rings (SSSR count). The minimum Gasteiger partial charge on any atom is -0.493 e. The van der Waals surface area contributed by atoms with E-state index in [0.717, 1.165) is 5.56 Å². The Labute approximate surface area is 94.7 Å². The van der Waals surface area contributed by atoms with Crippen LogP contribution in [0.25, 0.3) is 0 Å². The average molecular weight is 215 g/mol. The zero-order valence-corrected chi connectivity index (χ0v) is 9.09. The summed E-state index contributed by atoms with van der Waals surface area (Å²) in [6.45, 7) is 0.517. The Balaban J connectivity index is 2.05. The van der Waals surface area contributed by atoms with Gasteiger partial charge >= 0.3 is 0 Å². The van der Waals surface area contributed by atoms with Crippen LogP contribution in [0.4, 0.5) is 0 Å². The number of nitrogens with zero attached hydrogens (tertiary/aromatic N) is 1. The minimum absolute atomic E-state index is 0.517. The van der Waals surface area contributed by atoms with Crippen molar-refractivity contribution in [3.05, 3.63) is 54.4 Å². The van der Waals surface area contributed by atoms with Crippen molar-refractivity contribution in [3.8, 4) is 11.5 Å². The lowest BCUT2D eigenvalue weighted by Crippen LogP contribution is -1.97. The first-order chi connectivity index (χ1) is 7.90. The highest BCUT2D eigenvalue weighted by Crippen LogP contribution is 2.25. The lowest BCUT2D eigenvalue weighted by Gasteiger charge is -2.09. The van der Waals surface area contributed by atoms with Crippen LogP contribution in [-0.4, -0.2) is 12.1 Å². The van der Waals surface area contributed by atoms with Crippen molar-refractivity contribution < 1.29 is 9.47 Å². The van der Waals surface area contributed by atoms with Crippen molar-refractivity contribution in [1.82, 2.24) is 4.98 Å². The Morgan fingerprint density at radius 3 is 2.62 bits per heavy atom. The van der Waals surface area contributed by atoms with E-state index in [1.54, 1.807) is 25.6 Å². The molecule has 1 heterocycles. The minimum atomic E-state index is 0.517. The van der Waals surface area contributed by atoms with Gasteiger partial charge in [0.15, 0.2) is 11.5 Å². The third-order valence-electron chi connectivity index (χ3n) is 2.20. The molecular formula is C13H13NO2. The number of hydrogen-bond donors (Lipinski definition) is 0. The molecule has 0 radical (unpaired) electrons. The van der Waals surface area contributed by atoms with Gasteiger partial charge in [-0.25, -0.2) is 0 Å². The Morgan fingerprint density at radius 2 is 1.88 bits per heavy atom. The van der Waals surface area contributed by atoms with E-state index < -0.39 is 0 Å². The standard InChI is InChI=1S/C13H13NO2/c1-15-12-7-8-14-9-13(12)16-10-11-5-3-2-4-6-11/h2-9H,10H2,1H3. The number of hydrogen-bond acceptors (Lipinski definition) is 3. The highest BCUT2D eigenvalue weighted by molar-refractivity contribution is 5.36. The largest absolute Gasteiger partial charge is 0.493 e. The molecule has 0 fully saturated rings. The lowest BCUT2D eigenvalue weighted by atomic mass is 10.2. The van der Waals surface area contributed by atoms with Gasteiger partial charge < -0.3 is 9.47 Å². The van der Waals surface area contributed by atoms with Gasteiger partial charge in [-0.1, -0.05) is 30.3 Å². The third kappa shape index (κ3) is 2.51. The van der Waals surface area contributed by atoms with E-state index in [1.165, 1.54) is 0 Å². The summed E-state index contributed by atoms with van der Waals surface area (Å²) in [5, 5.41) is 0. The second-order valence-electron chi connectivity index (χ2n) is 3.30. The van der Waals surface area contributed by atoms with Gasteiger partial charge in [0.2, 0.25) is 0 Å². The van der Waals surface area contributed by atoms with Crippen molar-refractivity contribution >= 4 is 0 Å². The molecule has 0 atom stereocenters. The van der Waals surface area contributed by atoms with Crippen molar-refractivity contribution in [2.45, 2.75) is 6.61 Å². The maximum atomic E-state index is 5.63. The average Bonchev–Trinajstić information content (AvgIpc) is 2.38. The molecule has 0 aliphatic heterocycles. The predicted molar refractivity (Wildman–Crippen MR) is 61.6 cm³/mol. The van der Waals surface area contributed by atoms with Gasteiger partial charge in [-0.3, -0.25) is 4.98 Å². The molecule has 16 heavy (non-hydrogen) atoms. The number of benzene rings is 1. The highest BCUT2D eigenvalue weighted by Gasteiger charge is 2.03. The summed E-state index contributed by atoms with van der Waals surface area (Å²) in [5.41, 5.74) is 1.12. The molecule has 0 amide bonds. The maximum Gasteiger partial charge on any atom is 0.179 e. The van der Waals surface area contributed by atoms with Gasteiger partial charge in [0.1, 0.15) is 6.61 Å². The summed E-state index contributed by atoms with van der Waals surface area (Å²) < 4.78 is 10.8. The van der Waals surface area contributed by atoms with Crippen LogP contribution >= 0.6 is 0 Å². The van der Waals surface area contributed by atoms with Crippen LogP contribution in [0, 0.1) is 0 Å². The maximum absolute atomic E-state index is 5.63. The second kappa shape index (κ2) is 5.16. The Hall–Kier alpha value is -2.03. The van der Waals surface area contributed by atoms with Crippen LogP contribution in [0.2, 0.25) is 0 Å². The van der Waals surface area contributed by atoms with Crippen LogP contribution < -0.4 is 9.47 Å². The molecular weight excluding hydrogens is 202 g/mol. The van der Waals surface area contributed by atoms with Gasteiger partial charge in [-0.05, 0) is 5.56 Å². The highest BCUT2D eigenvalue weighted by atomic mass is 16.5. The Bertz CT molecular complexity index is 443. The topological polar surface area (TPSA) is 31.4 Å². The summed E-state index contributed by atoms with van der Waals surface area (Å²) >= 11 is 0. The number of aromatic nitrogens is 1. The number of methoxy groups -OCH3 is 1. The van der Waals surface area contributed by atoms with Gasteiger partial charge in [-0.15, -0.1) is 0 Å². The molecule has 0 saturated heterocycles. The Morgan fingerprint density at radius 1 is 1.06 bits per heavy atom. The van der Waals surface area contributed by atoms with Crippen molar-refractivity contribution in [2.24, 2.45) is 0 Å². The molecule has 0 aliphatic rings. The fourth-order valence-corrected chi connectivity index (χ4v) is 1.38. The molecule has 0 spiro atoms. The summed E-state index contributed by atoms with van der Waals surface area (Å²) in [6.07, 6.45) is 3.33. The molecule has 2 aromatic rings. The smallest absolute Gasteiger partial charge is 0.179 e. The molecule has 1 aromatic carbocycles. The van der Waals surface area contributed by atoms with Crippen molar-refractivity contribution in [1.29, 1.82) is 0 Å².